The zero-order valence-electron chi connectivity index (χ0n) is 11.7. The van der Waals surface area contributed by atoms with E-state index >= 15 is 0 Å². The molecule has 1 heterocycles. The Balaban J connectivity index is 2.47. The molecule has 2 rings (SSSR count). The summed E-state index contributed by atoms with van der Waals surface area (Å²) in [6.45, 7) is 6.27. The maximum atomic E-state index is 4.76. The molecule has 3 heteroatoms. The molecular formula is C16H19N3. The lowest BCUT2D eigenvalue weighted by Crippen LogP contribution is -2.01. The van der Waals surface area contributed by atoms with Crippen molar-refractivity contribution in [2.24, 2.45) is 4.99 Å². The molecule has 0 saturated heterocycles. The molecule has 0 spiro atoms. The third kappa shape index (κ3) is 3.05. The molecule has 0 saturated carbocycles. The van der Waals surface area contributed by atoms with Gasteiger partial charge in [0.2, 0.25) is 0 Å². The number of benzene rings is 1. The molecule has 0 bridgehead atoms. The van der Waals surface area contributed by atoms with Gasteiger partial charge in [0.05, 0.1) is 11.4 Å². The van der Waals surface area contributed by atoms with Gasteiger partial charge in [-0.3, -0.25) is 0 Å². The first kappa shape index (κ1) is 13.4. The van der Waals surface area contributed by atoms with Crippen LogP contribution in [0.2, 0.25) is 0 Å². The van der Waals surface area contributed by atoms with Gasteiger partial charge in [-0.05, 0) is 37.0 Å². The second-order valence-electron chi connectivity index (χ2n) is 4.40. The Kier molecular flexibility index (Phi) is 4.39. The number of nitrogens with zero attached hydrogens (tertiary/aromatic N) is 3. The second kappa shape index (κ2) is 6.23. The summed E-state index contributed by atoms with van der Waals surface area (Å²) in [7, 11) is 0. The zero-order valence-corrected chi connectivity index (χ0v) is 11.7. The predicted octanol–water partition coefficient (Wildman–Crippen LogP) is 3.74. The Morgan fingerprint density at radius 3 is 2.11 bits per heavy atom. The lowest BCUT2D eigenvalue weighted by molar-refractivity contribution is 1.07. The fourth-order valence-corrected chi connectivity index (χ4v) is 2.06. The van der Waals surface area contributed by atoms with Gasteiger partial charge in [-0.15, -0.1) is 0 Å². The van der Waals surface area contributed by atoms with Crippen LogP contribution in [0.1, 0.15) is 37.7 Å². The predicted molar refractivity (Wildman–Crippen MR) is 79.1 cm³/mol. The highest BCUT2D eigenvalue weighted by atomic mass is 14.9. The van der Waals surface area contributed by atoms with Crippen molar-refractivity contribution in [2.75, 3.05) is 0 Å². The van der Waals surface area contributed by atoms with Crippen LogP contribution < -0.4 is 0 Å². The Morgan fingerprint density at radius 2 is 1.58 bits per heavy atom. The SMILES string of the molecule is CCc1cccc(CC)c1N=C(C)c1ncccn1. The molecule has 0 aliphatic carbocycles. The van der Waals surface area contributed by atoms with E-state index in [0.717, 1.165) is 24.2 Å². The summed E-state index contributed by atoms with van der Waals surface area (Å²) in [5.41, 5.74) is 4.48. The monoisotopic (exact) mass is 253 g/mol. The van der Waals surface area contributed by atoms with E-state index in [-0.39, 0.29) is 0 Å². The molecule has 1 aromatic heterocycles. The van der Waals surface area contributed by atoms with Crippen molar-refractivity contribution >= 4 is 11.4 Å². The van der Waals surface area contributed by atoms with Crippen molar-refractivity contribution < 1.29 is 0 Å². The fourth-order valence-electron chi connectivity index (χ4n) is 2.06. The van der Waals surface area contributed by atoms with Gasteiger partial charge in [-0.1, -0.05) is 32.0 Å². The first-order valence-electron chi connectivity index (χ1n) is 6.69. The first-order valence-corrected chi connectivity index (χ1v) is 6.69. The van der Waals surface area contributed by atoms with E-state index in [9.17, 15) is 0 Å². The number of para-hydroxylation sites is 1. The van der Waals surface area contributed by atoms with E-state index in [1.807, 2.05) is 13.0 Å². The third-order valence-corrected chi connectivity index (χ3v) is 3.13. The van der Waals surface area contributed by atoms with Gasteiger partial charge in [0, 0.05) is 12.4 Å². The van der Waals surface area contributed by atoms with Gasteiger partial charge in [0.15, 0.2) is 5.82 Å². The molecule has 0 radical (unpaired) electrons. The van der Waals surface area contributed by atoms with Crippen LogP contribution >= 0.6 is 0 Å². The molecule has 98 valence electrons. The van der Waals surface area contributed by atoms with Crippen molar-refractivity contribution in [1.29, 1.82) is 0 Å². The van der Waals surface area contributed by atoms with E-state index < -0.39 is 0 Å². The molecule has 3 nitrogen and oxygen atoms in total. The highest BCUT2D eigenvalue weighted by molar-refractivity contribution is 5.97. The smallest absolute Gasteiger partial charge is 0.173 e. The molecule has 19 heavy (non-hydrogen) atoms. The maximum Gasteiger partial charge on any atom is 0.173 e. The highest BCUT2D eigenvalue weighted by Crippen LogP contribution is 2.26. The Morgan fingerprint density at radius 1 is 1.00 bits per heavy atom. The normalized spacial score (nSPS) is 11.6. The summed E-state index contributed by atoms with van der Waals surface area (Å²) in [4.78, 5) is 13.3. The average Bonchev–Trinajstić information content (AvgIpc) is 2.48. The summed E-state index contributed by atoms with van der Waals surface area (Å²) in [5, 5.41) is 0. The molecule has 0 atom stereocenters. The fraction of sp³-hybridized carbons (Fsp3) is 0.312. The van der Waals surface area contributed by atoms with Crippen molar-refractivity contribution in [3.05, 3.63) is 53.6 Å². The van der Waals surface area contributed by atoms with Gasteiger partial charge in [-0.2, -0.15) is 0 Å². The van der Waals surface area contributed by atoms with E-state index in [1.165, 1.54) is 11.1 Å². The van der Waals surface area contributed by atoms with Crippen LogP contribution in [-0.4, -0.2) is 15.7 Å². The molecule has 0 aliphatic heterocycles. The molecular weight excluding hydrogens is 234 g/mol. The lowest BCUT2D eigenvalue weighted by Gasteiger charge is -2.09. The van der Waals surface area contributed by atoms with Crippen LogP contribution in [0.3, 0.4) is 0 Å². The minimum atomic E-state index is 0.690. The first-order chi connectivity index (χ1) is 9.26. The molecule has 0 fully saturated rings. The van der Waals surface area contributed by atoms with Crippen molar-refractivity contribution in [3.63, 3.8) is 0 Å². The topological polar surface area (TPSA) is 38.1 Å². The quantitative estimate of drug-likeness (QED) is 0.778. The molecule has 1 aromatic carbocycles. The molecule has 0 N–H and O–H groups in total. The van der Waals surface area contributed by atoms with Crippen LogP contribution in [0, 0.1) is 0 Å². The summed E-state index contributed by atoms with van der Waals surface area (Å²) in [6.07, 6.45) is 5.45. The highest BCUT2D eigenvalue weighted by Gasteiger charge is 2.07. The molecule has 0 aliphatic rings. The standard InChI is InChI=1S/C16H19N3/c1-4-13-8-6-9-14(5-2)15(13)19-12(3)16-17-10-7-11-18-16/h6-11H,4-5H2,1-3H3. The van der Waals surface area contributed by atoms with E-state index in [2.05, 4.69) is 42.0 Å². The second-order valence-corrected chi connectivity index (χ2v) is 4.40. The van der Waals surface area contributed by atoms with Crippen LogP contribution in [0.15, 0.2) is 41.7 Å². The van der Waals surface area contributed by atoms with E-state index in [4.69, 9.17) is 4.99 Å². The zero-order chi connectivity index (χ0) is 13.7. The van der Waals surface area contributed by atoms with E-state index in [1.54, 1.807) is 12.4 Å². The Bertz CT molecular complexity index is 552. The largest absolute Gasteiger partial charge is 0.249 e. The van der Waals surface area contributed by atoms with Crippen LogP contribution in [0.4, 0.5) is 5.69 Å². The number of aryl methyl sites for hydroxylation is 2. The number of rotatable bonds is 4. The number of aromatic nitrogens is 2. The van der Waals surface area contributed by atoms with Crippen molar-refractivity contribution in [2.45, 2.75) is 33.6 Å². The summed E-state index contributed by atoms with van der Waals surface area (Å²) in [6, 6.07) is 8.19. The lowest BCUT2D eigenvalue weighted by atomic mass is 10.0. The van der Waals surface area contributed by atoms with Gasteiger partial charge in [-0.25, -0.2) is 15.0 Å². The van der Waals surface area contributed by atoms with Gasteiger partial charge in [0.25, 0.3) is 0 Å². The maximum absolute atomic E-state index is 4.76. The third-order valence-electron chi connectivity index (χ3n) is 3.13. The Labute approximate surface area is 114 Å². The van der Waals surface area contributed by atoms with Gasteiger partial charge >= 0.3 is 0 Å². The summed E-state index contributed by atoms with van der Waals surface area (Å²) >= 11 is 0. The average molecular weight is 253 g/mol. The van der Waals surface area contributed by atoms with Crippen LogP contribution in [0.5, 0.6) is 0 Å². The van der Waals surface area contributed by atoms with Crippen molar-refractivity contribution in [1.82, 2.24) is 9.97 Å². The van der Waals surface area contributed by atoms with Gasteiger partial charge < -0.3 is 0 Å². The number of hydrogen-bond donors (Lipinski definition) is 0. The van der Waals surface area contributed by atoms with Crippen LogP contribution in [0.25, 0.3) is 0 Å². The summed E-state index contributed by atoms with van der Waals surface area (Å²) in [5.74, 6) is 0.690. The molecule has 0 unspecified atom stereocenters. The number of hydrogen-bond acceptors (Lipinski definition) is 3. The minimum absolute atomic E-state index is 0.690. The van der Waals surface area contributed by atoms with E-state index in [0.29, 0.717) is 5.82 Å². The van der Waals surface area contributed by atoms with Crippen molar-refractivity contribution in [3.8, 4) is 0 Å². The minimum Gasteiger partial charge on any atom is -0.249 e. The van der Waals surface area contributed by atoms with Gasteiger partial charge in [0.1, 0.15) is 0 Å². The number of aliphatic imine (C=N–C) groups is 1. The molecule has 0 amide bonds. The van der Waals surface area contributed by atoms with Crippen LogP contribution in [-0.2, 0) is 12.8 Å². The summed E-state index contributed by atoms with van der Waals surface area (Å²) < 4.78 is 0. The molecule has 2 aromatic rings. The Hall–Kier alpha value is -2.03.